The highest BCUT2D eigenvalue weighted by atomic mass is 32.2. The van der Waals surface area contributed by atoms with Gasteiger partial charge in [0.2, 0.25) is 11.8 Å². The van der Waals surface area contributed by atoms with Crippen molar-refractivity contribution >= 4 is 119 Å². The van der Waals surface area contributed by atoms with E-state index < -0.39 is 44.3 Å². The fourth-order valence-electron chi connectivity index (χ4n) is 11.0. The number of carboxylic acids is 1. The minimum Gasteiger partial charge on any atom is -0.477 e. The van der Waals surface area contributed by atoms with Gasteiger partial charge in [0.1, 0.15) is 18.0 Å². The lowest BCUT2D eigenvalue weighted by Gasteiger charge is -2.46. The smallest absolute Gasteiger partial charge is 0.356 e. The predicted molar refractivity (Wildman–Crippen MR) is 324 cm³/mol. The topological polar surface area (TPSA) is 254 Å². The third kappa shape index (κ3) is 12.6. The fourth-order valence-corrected chi connectivity index (χ4v) is 17.1. The van der Waals surface area contributed by atoms with Gasteiger partial charge in [0.05, 0.1) is 91.2 Å². The molecule has 2 amide bonds. The summed E-state index contributed by atoms with van der Waals surface area (Å²) in [4.78, 5) is 71.0. The van der Waals surface area contributed by atoms with Crippen LogP contribution in [0.1, 0.15) is 65.5 Å². The first kappa shape index (κ1) is 63.1. The van der Waals surface area contributed by atoms with Crippen molar-refractivity contribution in [2.75, 3.05) is 60.2 Å². The molecule has 0 bridgehead atoms. The van der Waals surface area contributed by atoms with Gasteiger partial charge < -0.3 is 54.8 Å². The van der Waals surface area contributed by atoms with Crippen molar-refractivity contribution < 1.29 is 53.9 Å². The summed E-state index contributed by atoms with van der Waals surface area (Å²) >= 11 is 12.3. The number of fused-ring (bicyclic) bond motifs is 2. The molecule has 81 heavy (non-hydrogen) atoms. The van der Waals surface area contributed by atoms with Gasteiger partial charge in [0.25, 0.3) is 0 Å². The van der Waals surface area contributed by atoms with Crippen LogP contribution < -0.4 is 5.32 Å². The molecule has 0 unspecified atom stereocenters. The zero-order valence-electron chi connectivity index (χ0n) is 47.4. The van der Waals surface area contributed by atoms with Crippen LogP contribution in [0.3, 0.4) is 0 Å². The Morgan fingerprint density at radius 2 is 1.37 bits per heavy atom. The number of thiazole rings is 3. The van der Waals surface area contributed by atoms with Crippen LogP contribution in [-0.4, -0.2) is 195 Å². The first-order chi connectivity index (χ1) is 38.3. The van der Waals surface area contributed by atoms with Gasteiger partial charge in [-0.05, 0) is 75.0 Å². The number of rotatable bonds is 18. The number of carboxylic acid groups (broad SMARTS) is 1. The molecule has 0 aliphatic carbocycles. The minimum atomic E-state index is -1.71. The highest BCUT2D eigenvalue weighted by Crippen LogP contribution is 2.54. The molecule has 7 aliphatic rings. The highest BCUT2D eigenvalue weighted by molar-refractivity contribution is 8.05. The SMILES string of the molecule is C=CCOC(=O)C1=C(Sc2nc(C3=CCN(C)[C@H]3CO)cs2)[C@H](C)[C@@H]2[C@@H]([C@@H](C)O)C(=O)N12.CN1CC=C(c2csc(=S)[nH]2)[C@@H]1CO[Si](C)(C)C(C)(C)C.C[C@@H](O)[C@H]1C(=O)N2C(C(=O)O)=C(Sc3nc(C4=CCN[C@H]4CO)cs3)[C@H](C)[C@H]12. The number of amides is 2. The summed E-state index contributed by atoms with van der Waals surface area (Å²) in [5, 5.41) is 58.3. The third-order valence-electron chi connectivity index (χ3n) is 16.5. The molecule has 2 fully saturated rings. The molecule has 11 atom stereocenters. The van der Waals surface area contributed by atoms with Crippen molar-refractivity contribution in [1.82, 2.24) is 39.9 Å². The first-order valence-corrected chi connectivity index (χ1v) is 34.4. The number of carbonyl (C=O) groups excluding carboxylic acids is 3. The maximum absolute atomic E-state index is 12.8. The van der Waals surface area contributed by atoms with Crippen LogP contribution in [0, 0.1) is 27.6 Å². The van der Waals surface area contributed by atoms with Crippen LogP contribution in [0.15, 0.2) is 76.9 Å². The van der Waals surface area contributed by atoms with Gasteiger partial charge in [-0.15, -0.1) is 34.0 Å². The number of aromatic nitrogens is 3. The van der Waals surface area contributed by atoms with Crippen molar-refractivity contribution in [2.45, 2.75) is 118 Å². The molecule has 0 spiro atoms. The monoisotopic (exact) mass is 1240 g/mol. The third-order valence-corrected chi connectivity index (χ3v) is 26.5. The normalized spacial score (nSPS) is 27.1. The predicted octanol–water partition coefficient (Wildman–Crippen LogP) is 6.98. The summed E-state index contributed by atoms with van der Waals surface area (Å²) in [5.41, 5.74) is 6.21. The number of esters is 1. The van der Waals surface area contributed by atoms with Gasteiger partial charge >= 0.3 is 11.9 Å². The number of ether oxygens (including phenoxy) is 1. The van der Waals surface area contributed by atoms with E-state index in [-0.39, 0.29) is 84.1 Å². The Kier molecular flexibility index (Phi) is 20.0. The number of likely N-dealkylation sites (N-methyl/N-ethyl adjacent to an activating group) is 2. The molecule has 3 aromatic rings. The fraction of sp³-hybridized carbons (Fsp3) is 0.545. The summed E-state index contributed by atoms with van der Waals surface area (Å²) in [5.74, 6) is -3.77. The van der Waals surface area contributed by atoms with Crippen molar-refractivity contribution in [3.63, 3.8) is 0 Å². The average Bonchev–Trinajstić information content (AvgIpc) is 3.88. The Labute approximate surface area is 499 Å². The largest absolute Gasteiger partial charge is 0.477 e. The van der Waals surface area contributed by atoms with E-state index in [0.717, 1.165) is 61.1 Å². The number of carbonyl (C=O) groups is 4. The molecular formula is C55H74N8O11S6Si. The number of H-pyrrole nitrogens is 1. The van der Waals surface area contributed by atoms with Crippen molar-refractivity contribution in [3.05, 3.63) is 89.3 Å². The summed E-state index contributed by atoms with van der Waals surface area (Å²) in [6.45, 7) is 25.2. The number of aliphatic hydroxyl groups is 4. The molecule has 7 N–H and O–H groups in total. The number of aromatic amines is 1. The quantitative estimate of drug-likeness (QED) is 0.0223. The van der Waals surface area contributed by atoms with E-state index in [2.05, 4.69) is 90.1 Å². The van der Waals surface area contributed by atoms with E-state index in [1.165, 1.54) is 67.6 Å². The molecule has 10 rings (SSSR count). The van der Waals surface area contributed by atoms with Crippen molar-refractivity contribution in [1.29, 1.82) is 0 Å². The maximum Gasteiger partial charge on any atom is 0.356 e. The maximum atomic E-state index is 12.8. The van der Waals surface area contributed by atoms with Gasteiger partial charge in [-0.3, -0.25) is 19.4 Å². The second-order valence-electron chi connectivity index (χ2n) is 22.7. The summed E-state index contributed by atoms with van der Waals surface area (Å²) in [7, 11) is 2.40. The van der Waals surface area contributed by atoms with Gasteiger partial charge in [-0.2, -0.15) is 0 Å². The van der Waals surface area contributed by atoms with Gasteiger partial charge in [-0.1, -0.05) is 89.0 Å². The number of aliphatic hydroxyl groups excluding tert-OH is 4. The number of β-lactam (4-membered cyclic amide) rings is 2. The molecule has 0 aromatic carbocycles. The Morgan fingerprint density at radius 3 is 1.86 bits per heavy atom. The number of nitrogens with one attached hydrogen (secondary N) is 2. The van der Waals surface area contributed by atoms with Crippen LogP contribution in [0.2, 0.25) is 18.1 Å². The van der Waals surface area contributed by atoms with Crippen LogP contribution in [0.5, 0.6) is 0 Å². The summed E-state index contributed by atoms with van der Waals surface area (Å²) in [6.07, 6.45) is 6.20. The molecule has 3 aromatic heterocycles. The van der Waals surface area contributed by atoms with Crippen molar-refractivity contribution in [2.24, 2.45) is 23.7 Å². The lowest BCUT2D eigenvalue weighted by Crippen LogP contribution is -2.63. The molecular weight excluding hydrogens is 1170 g/mol. The first-order valence-electron chi connectivity index (χ1n) is 26.8. The Hall–Kier alpha value is -3.97. The highest BCUT2D eigenvalue weighted by Gasteiger charge is 2.61. The van der Waals surface area contributed by atoms with E-state index >= 15 is 0 Å². The standard InChI is InChI=1S/C22H27N3O5S2.C18H21N3O5S2.C15H26N2OS2Si/c1-5-8-30-21(29)18-19(11(2)17-16(12(3)27)20(28)25(17)18)32-22-23-14(10-31-22)13-6-7-24(4)15(13)9-26;1-7-13-12(8(2)23)16(24)21(13)14(17(25)26)15(7)28-18-20-11(6-27-18)9-3-4-19-10(9)5-22;1-15(2,3)21(5,6)18-9-13-11(7-8-17(13)4)12-10-20-14(19)16-12/h5-6,10-12,15-17,26-27H,1,7-9H2,2-4H3;3,6-8,10,12-13,19,22-23H,4-5H2,1-2H3,(H,25,26);7,10,13H,8-9H2,1-6H3,(H,16,19)/t11-,12-,15+,16-,17-;7-,8-,10+,12-,13-;13-/m110/s1. The second kappa shape index (κ2) is 25.7. The van der Waals surface area contributed by atoms with E-state index in [1.807, 2.05) is 37.7 Å². The lowest BCUT2D eigenvalue weighted by atomic mass is 9.79. The molecule has 0 radical (unpaired) electrons. The van der Waals surface area contributed by atoms with Crippen LogP contribution in [-0.2, 0) is 28.3 Å². The van der Waals surface area contributed by atoms with Crippen LogP contribution >= 0.6 is 69.8 Å². The Balaban J connectivity index is 0.000000163. The Bertz CT molecular complexity index is 3120. The molecule has 26 heteroatoms. The number of aliphatic carboxylic acids is 1. The summed E-state index contributed by atoms with van der Waals surface area (Å²) < 4.78 is 14.0. The zero-order chi connectivity index (χ0) is 59.2. The molecule has 0 saturated carbocycles. The number of thioether (sulfide) groups is 2. The van der Waals surface area contributed by atoms with Gasteiger partial charge in [0.15, 0.2) is 21.0 Å². The molecule has 10 heterocycles. The minimum absolute atomic E-state index is 0.00358. The van der Waals surface area contributed by atoms with E-state index in [0.29, 0.717) is 21.8 Å². The van der Waals surface area contributed by atoms with E-state index in [9.17, 15) is 44.7 Å². The molecule has 2 saturated heterocycles. The average molecular weight is 1240 g/mol. The zero-order valence-corrected chi connectivity index (χ0v) is 53.3. The Morgan fingerprint density at radius 1 is 0.840 bits per heavy atom. The van der Waals surface area contributed by atoms with Gasteiger partial charge in [0, 0.05) is 57.4 Å². The van der Waals surface area contributed by atoms with E-state index in [4.69, 9.17) is 26.4 Å². The number of nitrogens with zero attached hydrogens (tertiary/aromatic N) is 6. The second-order valence-corrected chi connectivity index (χ2v) is 33.3. The van der Waals surface area contributed by atoms with E-state index in [1.54, 1.807) is 25.2 Å². The lowest BCUT2D eigenvalue weighted by molar-refractivity contribution is -0.164. The van der Waals surface area contributed by atoms with Crippen molar-refractivity contribution in [3.8, 4) is 0 Å². The molecule has 440 valence electrons. The van der Waals surface area contributed by atoms with Crippen LogP contribution in [0.4, 0.5) is 0 Å². The van der Waals surface area contributed by atoms with Gasteiger partial charge in [-0.25, -0.2) is 19.6 Å². The molecule has 19 nitrogen and oxygen atoms in total. The summed E-state index contributed by atoms with van der Waals surface area (Å²) in [6, 6.07) is -0.526. The number of hydrogen-bond acceptors (Lipinski definition) is 21. The van der Waals surface area contributed by atoms with Crippen LogP contribution in [0.25, 0.3) is 16.7 Å². The number of hydrogen-bond donors (Lipinski definition) is 7. The molecule has 7 aliphatic heterocycles.